The molecular formula is C24H27N3O4. The summed E-state index contributed by atoms with van der Waals surface area (Å²) in [4.78, 5) is 29.7. The van der Waals surface area contributed by atoms with Crippen molar-refractivity contribution in [2.75, 3.05) is 20.8 Å². The van der Waals surface area contributed by atoms with Crippen molar-refractivity contribution in [2.45, 2.75) is 26.3 Å². The first kappa shape index (κ1) is 22.1. The largest absolute Gasteiger partial charge is 0.493 e. The molecule has 2 aromatic heterocycles. The van der Waals surface area contributed by atoms with E-state index in [1.807, 2.05) is 30.3 Å². The lowest BCUT2D eigenvalue weighted by atomic mass is 10.1. The van der Waals surface area contributed by atoms with Crippen molar-refractivity contribution >= 4 is 5.91 Å². The Labute approximate surface area is 181 Å². The van der Waals surface area contributed by atoms with E-state index < -0.39 is 0 Å². The second-order valence-corrected chi connectivity index (χ2v) is 7.18. The lowest BCUT2D eigenvalue weighted by Gasteiger charge is -2.12. The fourth-order valence-electron chi connectivity index (χ4n) is 3.36. The number of benzene rings is 1. The third-order valence-corrected chi connectivity index (χ3v) is 5.11. The summed E-state index contributed by atoms with van der Waals surface area (Å²) in [7, 11) is 3.18. The lowest BCUT2D eigenvalue weighted by Crippen LogP contribution is -2.35. The molecular weight excluding hydrogens is 394 g/mol. The monoisotopic (exact) mass is 421 g/mol. The van der Waals surface area contributed by atoms with Crippen LogP contribution < -0.4 is 20.3 Å². The van der Waals surface area contributed by atoms with Crippen LogP contribution in [0.1, 0.15) is 27.0 Å². The van der Waals surface area contributed by atoms with Gasteiger partial charge < -0.3 is 19.4 Å². The van der Waals surface area contributed by atoms with Gasteiger partial charge in [-0.15, -0.1) is 0 Å². The van der Waals surface area contributed by atoms with Gasteiger partial charge in [-0.1, -0.05) is 12.1 Å². The fraction of sp³-hybridized carbons (Fsp3) is 0.292. The Morgan fingerprint density at radius 2 is 1.87 bits per heavy atom. The predicted molar refractivity (Wildman–Crippen MR) is 119 cm³/mol. The summed E-state index contributed by atoms with van der Waals surface area (Å²) >= 11 is 0. The average molecular weight is 421 g/mol. The lowest BCUT2D eigenvalue weighted by molar-refractivity contribution is 0.0951. The molecule has 7 heteroatoms. The van der Waals surface area contributed by atoms with Gasteiger partial charge in [-0.3, -0.25) is 14.6 Å². The van der Waals surface area contributed by atoms with E-state index in [4.69, 9.17) is 9.47 Å². The van der Waals surface area contributed by atoms with E-state index in [-0.39, 0.29) is 17.0 Å². The van der Waals surface area contributed by atoms with E-state index in [1.165, 1.54) is 0 Å². The molecule has 1 aromatic carbocycles. The number of nitrogens with one attached hydrogen (secondary N) is 1. The molecule has 31 heavy (non-hydrogen) atoms. The van der Waals surface area contributed by atoms with Crippen molar-refractivity contribution in [3.8, 4) is 11.5 Å². The minimum atomic E-state index is -0.355. The van der Waals surface area contributed by atoms with Crippen molar-refractivity contribution in [3.05, 3.63) is 87.6 Å². The molecule has 0 radical (unpaired) electrons. The average Bonchev–Trinajstić information content (AvgIpc) is 2.79. The third-order valence-electron chi connectivity index (χ3n) is 5.11. The van der Waals surface area contributed by atoms with Crippen LogP contribution in [0.25, 0.3) is 0 Å². The zero-order valence-corrected chi connectivity index (χ0v) is 18.1. The van der Waals surface area contributed by atoms with Gasteiger partial charge in [0.15, 0.2) is 11.5 Å². The van der Waals surface area contributed by atoms with Crippen molar-refractivity contribution in [1.82, 2.24) is 14.9 Å². The van der Waals surface area contributed by atoms with Crippen LogP contribution in [0, 0.1) is 6.92 Å². The van der Waals surface area contributed by atoms with Gasteiger partial charge in [0.2, 0.25) is 0 Å². The number of carbonyl (C=O) groups is 1. The number of pyridine rings is 2. The Kier molecular flexibility index (Phi) is 7.43. The number of ether oxygens (including phenoxy) is 2. The minimum Gasteiger partial charge on any atom is -0.493 e. The first-order chi connectivity index (χ1) is 15.0. The quantitative estimate of drug-likeness (QED) is 0.575. The van der Waals surface area contributed by atoms with Gasteiger partial charge in [0, 0.05) is 31.7 Å². The topological polar surface area (TPSA) is 82.5 Å². The SMILES string of the molecule is COc1ccc(CCn2ccc(C)c(C(=O)NCCc3cccnc3)c2=O)cc1OC. The molecule has 2 heterocycles. The molecule has 7 nitrogen and oxygen atoms in total. The molecule has 1 N–H and O–H groups in total. The van der Waals surface area contributed by atoms with E-state index in [9.17, 15) is 9.59 Å². The van der Waals surface area contributed by atoms with Gasteiger partial charge in [0.25, 0.3) is 11.5 Å². The number of methoxy groups -OCH3 is 2. The van der Waals surface area contributed by atoms with Crippen LogP contribution >= 0.6 is 0 Å². The molecule has 0 aliphatic carbocycles. The zero-order chi connectivity index (χ0) is 22.2. The highest BCUT2D eigenvalue weighted by molar-refractivity contribution is 5.95. The van der Waals surface area contributed by atoms with Crippen LogP contribution in [0.3, 0.4) is 0 Å². The van der Waals surface area contributed by atoms with Crippen molar-refractivity contribution < 1.29 is 14.3 Å². The highest BCUT2D eigenvalue weighted by Crippen LogP contribution is 2.27. The number of amides is 1. The van der Waals surface area contributed by atoms with Crippen molar-refractivity contribution in [3.63, 3.8) is 0 Å². The molecule has 0 bridgehead atoms. The standard InChI is InChI=1S/C24H27N3O4/c1-17-9-13-27(14-10-18-6-7-20(30-2)21(15-18)31-3)24(29)22(17)23(28)26-12-8-19-5-4-11-25-16-19/h4-7,9,11,13,15-16H,8,10,12,14H2,1-3H3,(H,26,28). The summed E-state index contributed by atoms with van der Waals surface area (Å²) in [5.74, 6) is 0.945. The second kappa shape index (κ2) is 10.4. The smallest absolute Gasteiger partial charge is 0.263 e. The molecule has 0 saturated heterocycles. The minimum absolute atomic E-state index is 0.181. The number of hydrogen-bond donors (Lipinski definition) is 1. The maximum absolute atomic E-state index is 13.0. The van der Waals surface area contributed by atoms with Crippen LogP contribution in [-0.4, -0.2) is 36.2 Å². The van der Waals surface area contributed by atoms with Crippen molar-refractivity contribution in [2.24, 2.45) is 0 Å². The second-order valence-electron chi connectivity index (χ2n) is 7.18. The molecule has 0 atom stereocenters. The maximum atomic E-state index is 13.0. The van der Waals surface area contributed by atoms with Crippen LogP contribution in [0.5, 0.6) is 11.5 Å². The Bertz CT molecular complexity index is 1090. The van der Waals surface area contributed by atoms with Crippen LogP contribution in [0.2, 0.25) is 0 Å². The van der Waals surface area contributed by atoms with Crippen LogP contribution in [-0.2, 0) is 19.4 Å². The van der Waals surface area contributed by atoms with Crippen molar-refractivity contribution in [1.29, 1.82) is 0 Å². The summed E-state index contributed by atoms with van der Waals surface area (Å²) in [6.07, 6.45) is 6.47. The Morgan fingerprint density at radius 3 is 2.58 bits per heavy atom. The Hall–Kier alpha value is -3.61. The van der Waals surface area contributed by atoms with Gasteiger partial charge in [0.05, 0.1) is 14.2 Å². The summed E-state index contributed by atoms with van der Waals surface area (Å²) in [5, 5.41) is 2.85. The molecule has 0 saturated carbocycles. The molecule has 0 aliphatic rings. The summed E-state index contributed by atoms with van der Waals surface area (Å²) in [6.45, 7) is 2.66. The molecule has 0 fully saturated rings. The molecule has 0 spiro atoms. The van der Waals surface area contributed by atoms with E-state index in [1.54, 1.807) is 50.4 Å². The Morgan fingerprint density at radius 1 is 1.06 bits per heavy atom. The summed E-state index contributed by atoms with van der Waals surface area (Å²) < 4.78 is 12.2. The molecule has 3 aromatic rings. The van der Waals surface area contributed by atoms with Gasteiger partial charge >= 0.3 is 0 Å². The van der Waals surface area contributed by atoms with E-state index in [2.05, 4.69) is 10.3 Å². The number of rotatable bonds is 9. The normalized spacial score (nSPS) is 10.5. The van der Waals surface area contributed by atoms with Crippen LogP contribution in [0.4, 0.5) is 0 Å². The van der Waals surface area contributed by atoms with Gasteiger partial charge in [0.1, 0.15) is 5.56 Å². The first-order valence-corrected chi connectivity index (χ1v) is 10.1. The van der Waals surface area contributed by atoms with Gasteiger partial charge in [-0.25, -0.2) is 0 Å². The number of hydrogen-bond acceptors (Lipinski definition) is 5. The first-order valence-electron chi connectivity index (χ1n) is 10.1. The van der Waals surface area contributed by atoms with Gasteiger partial charge in [-0.05, 0) is 60.7 Å². The number of aryl methyl sites for hydroxylation is 3. The number of nitrogens with zero attached hydrogens (tertiary/aromatic N) is 2. The third kappa shape index (κ3) is 5.51. The predicted octanol–water partition coefficient (Wildman–Crippen LogP) is 2.78. The van der Waals surface area contributed by atoms with Gasteiger partial charge in [-0.2, -0.15) is 0 Å². The number of aromatic nitrogens is 2. The Balaban J connectivity index is 1.68. The van der Waals surface area contributed by atoms with E-state index in [0.717, 1.165) is 11.1 Å². The van der Waals surface area contributed by atoms with E-state index in [0.29, 0.717) is 43.0 Å². The fourth-order valence-corrected chi connectivity index (χ4v) is 3.36. The summed E-state index contributed by atoms with van der Waals surface area (Å²) in [6, 6.07) is 11.3. The highest BCUT2D eigenvalue weighted by atomic mass is 16.5. The maximum Gasteiger partial charge on any atom is 0.263 e. The molecule has 0 aliphatic heterocycles. The number of carbonyl (C=O) groups excluding carboxylic acids is 1. The molecule has 3 rings (SSSR count). The molecule has 1 amide bonds. The molecule has 162 valence electrons. The highest BCUT2D eigenvalue weighted by Gasteiger charge is 2.15. The van der Waals surface area contributed by atoms with Crippen LogP contribution in [0.15, 0.2) is 59.8 Å². The molecule has 0 unspecified atom stereocenters. The van der Waals surface area contributed by atoms with E-state index >= 15 is 0 Å². The summed E-state index contributed by atoms with van der Waals surface area (Å²) in [5.41, 5.74) is 2.58. The zero-order valence-electron chi connectivity index (χ0n) is 18.1.